The minimum Gasteiger partial charge on any atom is -0.390 e. The van der Waals surface area contributed by atoms with Gasteiger partial charge >= 0.3 is 6.18 Å². The molecule has 0 aliphatic heterocycles. The molecule has 0 saturated carbocycles. The Labute approximate surface area is 124 Å². The van der Waals surface area contributed by atoms with Crippen LogP contribution in [0.15, 0.2) is 36.9 Å². The lowest BCUT2D eigenvalue weighted by Gasteiger charge is -2.17. The molecule has 1 aromatic carbocycles. The molecule has 1 aromatic heterocycles. The van der Waals surface area contributed by atoms with E-state index < -0.39 is 17.8 Å². The fraction of sp³-hybridized carbons (Fsp3) is 0.308. The molecule has 2 aromatic rings. The van der Waals surface area contributed by atoms with Crippen molar-refractivity contribution in [2.24, 2.45) is 0 Å². The molecular formula is C13H13ClF3N3O. The van der Waals surface area contributed by atoms with Crippen molar-refractivity contribution in [3.05, 3.63) is 42.5 Å². The number of alkyl halides is 4. The highest BCUT2D eigenvalue weighted by atomic mass is 35.5. The normalized spacial score (nSPS) is 13.2. The number of aromatic nitrogens is 2. The Bertz CT molecular complexity index is 587. The third kappa shape index (κ3) is 3.89. The highest BCUT2D eigenvalue weighted by molar-refractivity contribution is 6.18. The molecule has 1 heterocycles. The van der Waals surface area contributed by atoms with Crippen molar-refractivity contribution >= 4 is 17.3 Å². The molecule has 8 heteroatoms. The van der Waals surface area contributed by atoms with E-state index in [9.17, 15) is 18.3 Å². The fourth-order valence-electron chi connectivity index (χ4n) is 1.76. The Morgan fingerprint density at radius 3 is 2.71 bits per heavy atom. The van der Waals surface area contributed by atoms with E-state index >= 15 is 0 Å². The van der Waals surface area contributed by atoms with Crippen LogP contribution >= 0.6 is 11.6 Å². The summed E-state index contributed by atoms with van der Waals surface area (Å²) < 4.78 is 39.9. The molecule has 0 spiro atoms. The monoisotopic (exact) mass is 319 g/mol. The number of anilines is 1. The van der Waals surface area contributed by atoms with E-state index in [0.717, 1.165) is 12.1 Å². The van der Waals surface area contributed by atoms with Crippen LogP contribution in [-0.4, -0.2) is 33.2 Å². The van der Waals surface area contributed by atoms with E-state index in [1.807, 2.05) is 0 Å². The molecule has 1 atom stereocenters. The summed E-state index contributed by atoms with van der Waals surface area (Å²) in [5.41, 5.74) is -0.0245. The third-order valence-corrected chi connectivity index (χ3v) is 3.17. The van der Waals surface area contributed by atoms with Crippen LogP contribution in [0.2, 0.25) is 0 Å². The number of rotatable bonds is 5. The minimum absolute atomic E-state index is 0.00757. The number of imidazole rings is 1. The Kier molecular flexibility index (Phi) is 4.74. The van der Waals surface area contributed by atoms with Crippen molar-refractivity contribution in [2.75, 3.05) is 17.7 Å². The van der Waals surface area contributed by atoms with Gasteiger partial charge in [-0.15, -0.1) is 11.6 Å². The Morgan fingerprint density at radius 2 is 2.14 bits per heavy atom. The molecule has 2 N–H and O–H groups in total. The summed E-state index contributed by atoms with van der Waals surface area (Å²) in [6.07, 6.45) is -0.668. The van der Waals surface area contributed by atoms with Gasteiger partial charge in [0.25, 0.3) is 0 Å². The Hall–Kier alpha value is -1.73. The average Bonchev–Trinajstić information content (AvgIpc) is 2.97. The van der Waals surface area contributed by atoms with Gasteiger partial charge in [0.05, 0.1) is 35.2 Å². The zero-order chi connectivity index (χ0) is 15.5. The first-order valence-electron chi connectivity index (χ1n) is 6.09. The van der Waals surface area contributed by atoms with E-state index in [-0.39, 0.29) is 18.1 Å². The van der Waals surface area contributed by atoms with E-state index in [1.165, 1.54) is 18.6 Å². The maximum Gasteiger partial charge on any atom is 0.416 e. The van der Waals surface area contributed by atoms with Gasteiger partial charge in [0.2, 0.25) is 0 Å². The number of aliphatic hydroxyl groups is 1. The van der Waals surface area contributed by atoms with Gasteiger partial charge < -0.3 is 15.0 Å². The predicted molar refractivity (Wildman–Crippen MR) is 73.8 cm³/mol. The van der Waals surface area contributed by atoms with Crippen molar-refractivity contribution in [3.63, 3.8) is 0 Å². The molecule has 4 nitrogen and oxygen atoms in total. The van der Waals surface area contributed by atoms with Crippen LogP contribution in [0.1, 0.15) is 5.56 Å². The molecule has 0 saturated heterocycles. The zero-order valence-electron chi connectivity index (χ0n) is 10.8. The van der Waals surface area contributed by atoms with E-state index in [0.29, 0.717) is 5.69 Å². The molecule has 0 fully saturated rings. The van der Waals surface area contributed by atoms with Crippen LogP contribution in [0.25, 0.3) is 5.69 Å². The first-order valence-corrected chi connectivity index (χ1v) is 6.62. The van der Waals surface area contributed by atoms with Crippen molar-refractivity contribution < 1.29 is 18.3 Å². The van der Waals surface area contributed by atoms with Crippen LogP contribution in [0.3, 0.4) is 0 Å². The van der Waals surface area contributed by atoms with Gasteiger partial charge in [0, 0.05) is 18.9 Å². The second-order valence-electron chi connectivity index (χ2n) is 4.39. The number of hydrogen-bond acceptors (Lipinski definition) is 3. The summed E-state index contributed by atoms with van der Waals surface area (Å²) in [7, 11) is 0. The first-order chi connectivity index (χ1) is 9.91. The molecule has 2 rings (SSSR count). The van der Waals surface area contributed by atoms with Crippen molar-refractivity contribution in [2.45, 2.75) is 12.3 Å². The topological polar surface area (TPSA) is 50.1 Å². The summed E-state index contributed by atoms with van der Waals surface area (Å²) >= 11 is 5.48. The lowest BCUT2D eigenvalue weighted by molar-refractivity contribution is -0.137. The number of nitrogens with one attached hydrogen (secondary N) is 1. The zero-order valence-corrected chi connectivity index (χ0v) is 11.6. The molecule has 114 valence electrons. The van der Waals surface area contributed by atoms with Crippen molar-refractivity contribution in [1.82, 2.24) is 9.55 Å². The fourth-order valence-corrected chi connectivity index (χ4v) is 1.87. The molecule has 0 radical (unpaired) electrons. The quantitative estimate of drug-likeness (QED) is 0.833. The number of benzene rings is 1. The molecule has 1 unspecified atom stereocenters. The highest BCUT2D eigenvalue weighted by Crippen LogP contribution is 2.33. The molecular weight excluding hydrogens is 307 g/mol. The van der Waals surface area contributed by atoms with E-state index in [1.54, 1.807) is 10.8 Å². The smallest absolute Gasteiger partial charge is 0.390 e. The molecule has 21 heavy (non-hydrogen) atoms. The van der Waals surface area contributed by atoms with Crippen molar-refractivity contribution in [1.29, 1.82) is 0 Å². The highest BCUT2D eigenvalue weighted by Gasteiger charge is 2.31. The molecule has 0 bridgehead atoms. The van der Waals surface area contributed by atoms with Gasteiger partial charge in [-0.05, 0) is 18.2 Å². The summed E-state index contributed by atoms with van der Waals surface area (Å²) in [4.78, 5) is 3.86. The Morgan fingerprint density at radius 1 is 1.38 bits per heavy atom. The largest absolute Gasteiger partial charge is 0.416 e. The molecule has 0 aliphatic carbocycles. The van der Waals surface area contributed by atoms with Gasteiger partial charge in [0.1, 0.15) is 0 Å². The number of hydrogen-bond donors (Lipinski definition) is 2. The maximum atomic E-state index is 12.8. The molecule has 0 amide bonds. The van der Waals surface area contributed by atoms with Crippen LogP contribution in [0, 0.1) is 0 Å². The Balaban J connectivity index is 2.36. The number of nitrogens with zero attached hydrogens (tertiary/aromatic N) is 2. The minimum atomic E-state index is -4.44. The lowest BCUT2D eigenvalue weighted by atomic mass is 10.1. The van der Waals surface area contributed by atoms with Crippen LogP contribution in [-0.2, 0) is 6.18 Å². The summed E-state index contributed by atoms with van der Waals surface area (Å²) in [5, 5.41) is 12.2. The first kappa shape index (κ1) is 15.7. The number of aliphatic hydroxyl groups excluding tert-OH is 1. The van der Waals surface area contributed by atoms with Gasteiger partial charge in [0.15, 0.2) is 0 Å². The maximum absolute atomic E-state index is 12.8. The standard InChI is InChI=1S/C13H13ClF3N3O/c14-6-10(21)7-19-11-5-9(13(15,16)17)1-2-12(11)20-4-3-18-8-20/h1-5,8,10,19,21H,6-7H2. The summed E-state index contributed by atoms with van der Waals surface area (Å²) in [6, 6.07) is 3.34. The average molecular weight is 320 g/mol. The van der Waals surface area contributed by atoms with E-state index in [4.69, 9.17) is 11.6 Å². The van der Waals surface area contributed by atoms with Gasteiger partial charge in [-0.1, -0.05) is 0 Å². The second-order valence-corrected chi connectivity index (χ2v) is 4.70. The van der Waals surface area contributed by atoms with Crippen LogP contribution in [0.4, 0.5) is 18.9 Å². The predicted octanol–water partition coefficient (Wildman–Crippen LogP) is 2.90. The van der Waals surface area contributed by atoms with Gasteiger partial charge in [-0.2, -0.15) is 13.2 Å². The second kappa shape index (κ2) is 6.36. The van der Waals surface area contributed by atoms with Gasteiger partial charge in [-0.3, -0.25) is 0 Å². The van der Waals surface area contributed by atoms with Crippen LogP contribution in [0.5, 0.6) is 0 Å². The SMILES string of the molecule is OC(CCl)CNc1cc(C(F)(F)F)ccc1-n1ccnc1. The van der Waals surface area contributed by atoms with Gasteiger partial charge in [-0.25, -0.2) is 4.98 Å². The third-order valence-electron chi connectivity index (χ3n) is 2.81. The lowest BCUT2D eigenvalue weighted by Crippen LogP contribution is -2.21. The van der Waals surface area contributed by atoms with E-state index in [2.05, 4.69) is 10.3 Å². The van der Waals surface area contributed by atoms with Crippen LogP contribution < -0.4 is 5.32 Å². The number of halogens is 4. The molecule has 0 aliphatic rings. The summed E-state index contributed by atoms with van der Waals surface area (Å²) in [6.45, 7) is 0.0481. The van der Waals surface area contributed by atoms with Crippen molar-refractivity contribution in [3.8, 4) is 5.69 Å². The summed E-state index contributed by atoms with van der Waals surface area (Å²) in [5.74, 6) is -0.00757.